The van der Waals surface area contributed by atoms with Gasteiger partial charge in [0.1, 0.15) is 0 Å². The second kappa shape index (κ2) is 6.21. The fourth-order valence-corrected chi connectivity index (χ4v) is 2.95. The number of aromatic nitrogens is 3. The first-order chi connectivity index (χ1) is 12.5. The molecule has 1 aliphatic carbocycles. The Labute approximate surface area is 144 Å². The Kier molecular flexibility index (Phi) is 3.86. The number of halogens is 2. The smallest absolute Gasteiger partial charge is 0.315 e. The summed E-state index contributed by atoms with van der Waals surface area (Å²) in [7, 11) is 0. The predicted octanol–water partition coefficient (Wildman–Crippen LogP) is 2.79. The first-order valence-electron chi connectivity index (χ1n) is 7.73. The predicted molar refractivity (Wildman–Crippen MR) is 81.4 cm³/mol. The third-order valence-corrected chi connectivity index (χ3v) is 4.13. The molecule has 0 unspecified atom stereocenters. The monoisotopic (exact) mass is 362 g/mol. The van der Waals surface area contributed by atoms with Crippen LogP contribution in [0.5, 0.6) is 5.88 Å². The number of rotatable bonds is 4. The molecule has 2 N–H and O–H groups in total. The molecular weight excluding hydrogens is 350 g/mol. The highest BCUT2D eigenvalue weighted by Gasteiger charge is 2.27. The first-order valence-corrected chi connectivity index (χ1v) is 7.73. The van der Waals surface area contributed by atoms with E-state index in [2.05, 4.69) is 25.1 Å². The standard InChI is InChI=1S/C16H12F2N4O4/c17-13(18)16-20-14(22-26-16)8-1-3-9-7(5-8)2-4-10(9)19-15(24)11-6-12(23)21-25-11/h1,3,5-6,10,13H,2,4H2,(H,19,24)(H,21,23)/t10-/m1/s1. The molecule has 1 amide bonds. The second-order valence-electron chi connectivity index (χ2n) is 5.78. The maximum absolute atomic E-state index is 12.6. The highest BCUT2D eigenvalue weighted by atomic mass is 19.3. The minimum absolute atomic E-state index is 0.0844. The van der Waals surface area contributed by atoms with Gasteiger partial charge in [-0.25, -0.2) is 0 Å². The van der Waals surface area contributed by atoms with E-state index in [1.165, 1.54) is 0 Å². The molecule has 1 atom stereocenters. The summed E-state index contributed by atoms with van der Waals surface area (Å²) in [6, 6.07) is 6.16. The molecule has 1 aliphatic rings. The van der Waals surface area contributed by atoms with Crippen LogP contribution in [0, 0.1) is 0 Å². The third kappa shape index (κ3) is 2.89. The lowest BCUT2D eigenvalue weighted by Gasteiger charge is -2.13. The number of aromatic hydroxyl groups is 1. The van der Waals surface area contributed by atoms with Gasteiger partial charge in [-0.2, -0.15) is 13.8 Å². The molecule has 0 fully saturated rings. The summed E-state index contributed by atoms with van der Waals surface area (Å²) >= 11 is 0. The molecule has 0 saturated heterocycles. The van der Waals surface area contributed by atoms with Crippen LogP contribution in [0.1, 0.15) is 46.5 Å². The lowest BCUT2D eigenvalue weighted by Crippen LogP contribution is -2.26. The number of benzene rings is 1. The maximum atomic E-state index is 12.6. The number of amides is 1. The van der Waals surface area contributed by atoms with Gasteiger partial charge in [-0.15, -0.1) is 0 Å². The Morgan fingerprint density at radius 1 is 1.27 bits per heavy atom. The molecule has 2 aromatic heterocycles. The number of nitrogens with zero attached hydrogens (tertiary/aromatic N) is 3. The Morgan fingerprint density at radius 2 is 2.12 bits per heavy atom. The summed E-state index contributed by atoms with van der Waals surface area (Å²) in [5.74, 6) is -1.57. The Morgan fingerprint density at radius 3 is 2.81 bits per heavy atom. The van der Waals surface area contributed by atoms with Gasteiger partial charge in [0.05, 0.1) is 12.1 Å². The number of nitrogens with one attached hydrogen (secondary N) is 1. The van der Waals surface area contributed by atoms with Gasteiger partial charge in [0, 0.05) is 5.56 Å². The summed E-state index contributed by atoms with van der Waals surface area (Å²) in [6.07, 6.45) is -1.46. The average Bonchev–Trinajstić information content (AvgIpc) is 3.34. The molecule has 0 bridgehead atoms. The van der Waals surface area contributed by atoms with E-state index in [0.717, 1.165) is 17.2 Å². The summed E-state index contributed by atoms with van der Waals surface area (Å²) in [4.78, 5) is 15.8. The van der Waals surface area contributed by atoms with Crippen LogP contribution in [0.2, 0.25) is 0 Å². The first kappa shape index (κ1) is 16.2. The number of carbonyl (C=O) groups is 1. The van der Waals surface area contributed by atoms with Gasteiger partial charge in [-0.05, 0) is 35.2 Å². The van der Waals surface area contributed by atoms with Crippen molar-refractivity contribution in [1.29, 1.82) is 0 Å². The number of carbonyl (C=O) groups excluding carboxylic acids is 1. The molecule has 0 radical (unpaired) electrons. The van der Waals surface area contributed by atoms with Gasteiger partial charge < -0.3 is 19.5 Å². The van der Waals surface area contributed by atoms with Crippen molar-refractivity contribution < 1.29 is 27.7 Å². The van der Waals surface area contributed by atoms with Crippen LogP contribution in [-0.4, -0.2) is 26.3 Å². The molecule has 2 heterocycles. The van der Waals surface area contributed by atoms with Gasteiger partial charge >= 0.3 is 6.43 Å². The normalized spacial score (nSPS) is 16.0. The molecule has 10 heteroatoms. The molecule has 1 aromatic carbocycles. The van der Waals surface area contributed by atoms with Gasteiger partial charge in [-0.3, -0.25) is 4.79 Å². The Bertz CT molecular complexity index is 969. The summed E-state index contributed by atoms with van der Waals surface area (Å²) in [5, 5.41) is 18.8. The van der Waals surface area contributed by atoms with Crippen molar-refractivity contribution in [2.24, 2.45) is 0 Å². The van der Waals surface area contributed by atoms with Gasteiger partial charge in [0.25, 0.3) is 17.7 Å². The lowest BCUT2D eigenvalue weighted by molar-refractivity contribution is 0.0899. The fraction of sp³-hybridized carbons (Fsp3) is 0.250. The van der Waals surface area contributed by atoms with E-state index in [1.807, 2.05) is 0 Å². The minimum atomic E-state index is -2.82. The summed E-state index contributed by atoms with van der Waals surface area (Å²) < 4.78 is 34.4. The second-order valence-corrected chi connectivity index (χ2v) is 5.78. The third-order valence-electron chi connectivity index (χ3n) is 4.13. The van der Waals surface area contributed by atoms with E-state index in [-0.39, 0.29) is 23.5 Å². The molecule has 0 aliphatic heterocycles. The highest BCUT2D eigenvalue weighted by molar-refractivity contribution is 5.92. The number of fused-ring (bicyclic) bond motifs is 1. The maximum Gasteiger partial charge on any atom is 0.315 e. The van der Waals surface area contributed by atoms with Crippen LogP contribution in [0.4, 0.5) is 8.78 Å². The number of hydrogen-bond acceptors (Lipinski definition) is 7. The van der Waals surface area contributed by atoms with Crippen LogP contribution >= 0.6 is 0 Å². The average molecular weight is 362 g/mol. The van der Waals surface area contributed by atoms with Crippen molar-refractivity contribution in [2.45, 2.75) is 25.3 Å². The lowest BCUT2D eigenvalue weighted by atomic mass is 10.0. The van der Waals surface area contributed by atoms with Crippen LogP contribution < -0.4 is 5.32 Å². The van der Waals surface area contributed by atoms with Crippen molar-refractivity contribution >= 4 is 5.91 Å². The van der Waals surface area contributed by atoms with E-state index in [9.17, 15) is 13.6 Å². The molecule has 3 aromatic rings. The van der Waals surface area contributed by atoms with Crippen LogP contribution in [0.25, 0.3) is 11.4 Å². The molecule has 0 saturated carbocycles. The van der Waals surface area contributed by atoms with Crippen molar-refractivity contribution in [3.8, 4) is 17.3 Å². The molecule has 134 valence electrons. The zero-order valence-corrected chi connectivity index (χ0v) is 13.1. The quantitative estimate of drug-likeness (QED) is 0.733. The molecule has 4 rings (SSSR count). The van der Waals surface area contributed by atoms with Crippen LogP contribution in [-0.2, 0) is 6.42 Å². The van der Waals surface area contributed by atoms with Crippen molar-refractivity contribution in [2.75, 3.05) is 0 Å². The topological polar surface area (TPSA) is 114 Å². The van der Waals surface area contributed by atoms with E-state index >= 15 is 0 Å². The van der Waals surface area contributed by atoms with Crippen molar-refractivity contribution in [3.05, 3.63) is 47.0 Å². The SMILES string of the molecule is O=C(N[C@@H]1CCc2cc(-c3noc(C(F)F)n3)ccc21)c1cc(O)no1. The largest absolute Gasteiger partial charge is 0.491 e. The number of aryl methyl sites for hydroxylation is 1. The number of alkyl halides is 2. The van der Waals surface area contributed by atoms with Crippen molar-refractivity contribution in [1.82, 2.24) is 20.6 Å². The molecular formula is C16H12F2N4O4. The highest BCUT2D eigenvalue weighted by Crippen LogP contribution is 2.34. The minimum Gasteiger partial charge on any atom is -0.491 e. The summed E-state index contributed by atoms with van der Waals surface area (Å²) in [5.41, 5.74) is 2.42. The fourth-order valence-electron chi connectivity index (χ4n) is 2.95. The Hall–Kier alpha value is -3.30. The number of hydrogen-bond donors (Lipinski definition) is 2. The van der Waals surface area contributed by atoms with Crippen LogP contribution in [0.3, 0.4) is 0 Å². The Balaban J connectivity index is 1.53. The molecule has 0 spiro atoms. The van der Waals surface area contributed by atoms with E-state index in [1.54, 1.807) is 18.2 Å². The zero-order chi connectivity index (χ0) is 18.3. The molecule has 8 nitrogen and oxygen atoms in total. The van der Waals surface area contributed by atoms with Gasteiger partial charge in [0.15, 0.2) is 0 Å². The summed E-state index contributed by atoms with van der Waals surface area (Å²) in [6.45, 7) is 0. The van der Waals surface area contributed by atoms with Gasteiger partial charge in [0.2, 0.25) is 11.6 Å². The zero-order valence-electron chi connectivity index (χ0n) is 13.1. The van der Waals surface area contributed by atoms with Gasteiger partial charge in [-0.1, -0.05) is 17.3 Å². The molecule has 26 heavy (non-hydrogen) atoms. The van der Waals surface area contributed by atoms with E-state index in [0.29, 0.717) is 18.4 Å². The van der Waals surface area contributed by atoms with E-state index in [4.69, 9.17) is 9.63 Å². The van der Waals surface area contributed by atoms with E-state index < -0.39 is 18.2 Å². The van der Waals surface area contributed by atoms with Crippen LogP contribution in [0.15, 0.2) is 33.3 Å². The van der Waals surface area contributed by atoms with Crippen molar-refractivity contribution in [3.63, 3.8) is 0 Å².